The molecule has 0 atom stereocenters. The van der Waals surface area contributed by atoms with Crippen molar-refractivity contribution in [3.05, 3.63) is 0 Å². The van der Waals surface area contributed by atoms with E-state index in [-0.39, 0.29) is 65.6 Å². The summed E-state index contributed by atoms with van der Waals surface area (Å²) in [4.78, 5) is 0. The van der Waals surface area contributed by atoms with Crippen molar-refractivity contribution in [3.8, 4) is 0 Å². The Morgan fingerprint density at radius 1 is 0.615 bits per heavy atom. The van der Waals surface area contributed by atoms with E-state index in [2.05, 4.69) is 0 Å². The summed E-state index contributed by atoms with van der Waals surface area (Å²) in [5, 5.41) is 0. The van der Waals surface area contributed by atoms with Gasteiger partial charge in [-0.3, -0.25) is 8.42 Å². The summed E-state index contributed by atoms with van der Waals surface area (Å²) in [7, 11) is -5.17. The van der Waals surface area contributed by atoms with Crippen LogP contribution >= 0.6 is 0 Å². The van der Waals surface area contributed by atoms with Gasteiger partial charge in [-0.15, -0.1) is 0 Å². The summed E-state index contributed by atoms with van der Waals surface area (Å²) < 4.78 is 34.1. The zero-order valence-electron chi connectivity index (χ0n) is 6.12. The molecule has 0 saturated carbocycles. The molecule has 0 radical (unpaired) electrons. The molecule has 0 aromatic carbocycles. The van der Waals surface area contributed by atoms with Crippen molar-refractivity contribution >= 4 is 37.7 Å². The summed E-state index contributed by atoms with van der Waals surface area (Å²) in [5.74, 6) is 0. The van der Waals surface area contributed by atoms with Crippen LogP contribution in [0.4, 0.5) is 0 Å². The first-order chi connectivity index (χ1) is 2.00. The summed E-state index contributed by atoms with van der Waals surface area (Å²) in [5.41, 5.74) is 0. The fraction of sp³-hybridized carbons (Fsp3) is 0. The largest absolute Gasteiger partial charge is 1.00 e. The minimum absolute atomic E-state index is 0. The van der Waals surface area contributed by atoms with E-state index in [9.17, 15) is 0 Å². The second kappa shape index (κ2) is 39.1. The van der Waals surface area contributed by atoms with Crippen LogP contribution in [-0.2, 0) is 10.4 Å². The molecule has 90 valence electrons. The minimum Gasteiger partial charge on any atom is -0.759 e. The van der Waals surface area contributed by atoms with Crippen molar-refractivity contribution in [3.63, 3.8) is 0 Å². The van der Waals surface area contributed by atoms with Crippen LogP contribution in [0.2, 0.25) is 0 Å². The zero-order chi connectivity index (χ0) is 4.50. The third kappa shape index (κ3) is 5270. The molecule has 0 aliphatic heterocycles. The van der Waals surface area contributed by atoms with E-state index in [0.717, 1.165) is 0 Å². The zero-order valence-corrected chi connectivity index (χ0v) is 11.4. The predicted molar refractivity (Wildman–Crippen MR) is 41.5 cm³/mol. The summed E-state index contributed by atoms with van der Waals surface area (Å²) >= 11 is 0. The predicted octanol–water partition coefficient (Wildman–Crippen LogP) is -7.49. The Morgan fingerprint density at radius 2 is 0.615 bits per heavy atom. The SMILES string of the molecule is O.O.O.O.O.O.O.O=S(=O)([O-])[O-].[Tl+]. The van der Waals surface area contributed by atoms with Crippen LogP contribution in [0.25, 0.3) is 0 Å². The second-order valence-electron chi connectivity index (χ2n) is 0.408. The number of rotatable bonds is 0. The molecule has 0 bridgehead atoms. The van der Waals surface area contributed by atoms with Crippen molar-refractivity contribution in [1.29, 1.82) is 0 Å². The van der Waals surface area contributed by atoms with Gasteiger partial charge in [0, 0.05) is 10.4 Å². The van der Waals surface area contributed by atoms with Crippen molar-refractivity contribution in [2.45, 2.75) is 0 Å². The molecule has 0 heterocycles. The normalized spacial score (nSPS) is 4.46. The standard InChI is InChI=1S/H2O4S.7H2O.Tl/c1-5(2,3)4;;;;;;;;/h(H2,1,2,3,4);7*1H2;/q;;;;;;;;+1/p-2. The van der Waals surface area contributed by atoms with Gasteiger partial charge < -0.3 is 47.4 Å². The first-order valence-electron chi connectivity index (χ1n) is 0.667. The van der Waals surface area contributed by atoms with Gasteiger partial charge in [0.2, 0.25) is 0 Å². The van der Waals surface area contributed by atoms with Gasteiger partial charge in [0.1, 0.15) is 0 Å². The maximum absolute atomic E-state index is 8.52. The van der Waals surface area contributed by atoms with Crippen LogP contribution < -0.4 is 0 Å². The van der Waals surface area contributed by atoms with Gasteiger partial charge in [-0.2, -0.15) is 0 Å². The monoisotopic (exact) mass is 427 g/mol. The third-order valence-electron chi connectivity index (χ3n) is 0. The van der Waals surface area contributed by atoms with Crippen molar-refractivity contribution in [2.24, 2.45) is 0 Å². The van der Waals surface area contributed by atoms with E-state index in [1.165, 1.54) is 0 Å². The molecule has 0 spiro atoms. The van der Waals surface area contributed by atoms with Crippen LogP contribution in [0.1, 0.15) is 0 Å². The molecule has 13 heavy (non-hydrogen) atoms. The topological polar surface area (TPSA) is 301 Å². The Balaban J connectivity index is -0.00000000286. The number of hydrogen-bond donors (Lipinski definition) is 0. The van der Waals surface area contributed by atoms with E-state index in [4.69, 9.17) is 17.5 Å². The molecule has 0 aliphatic rings. The Labute approximate surface area is 93.7 Å². The van der Waals surface area contributed by atoms with Crippen LogP contribution in [0.3, 0.4) is 0 Å². The molecular weight excluding hydrogens is 412 g/mol. The average molecular weight is 427 g/mol. The van der Waals surface area contributed by atoms with E-state index in [1.807, 2.05) is 0 Å². The minimum atomic E-state index is -5.17. The summed E-state index contributed by atoms with van der Waals surface area (Å²) in [6.07, 6.45) is 0. The molecule has 0 aromatic rings. The molecule has 11 nitrogen and oxygen atoms in total. The molecule has 0 saturated heterocycles. The molecule has 0 unspecified atom stereocenters. The van der Waals surface area contributed by atoms with Crippen LogP contribution in [0, 0.1) is 0 Å². The smallest absolute Gasteiger partial charge is 0.759 e. The van der Waals surface area contributed by atoms with Crippen molar-refractivity contribution < 1.29 is 55.9 Å². The van der Waals surface area contributed by atoms with Crippen LogP contribution in [-0.4, -0.2) is 83.2 Å². The van der Waals surface area contributed by atoms with Crippen molar-refractivity contribution in [2.75, 3.05) is 0 Å². The quantitative estimate of drug-likeness (QED) is 0.207. The van der Waals surface area contributed by atoms with E-state index in [0.29, 0.717) is 0 Å². The summed E-state index contributed by atoms with van der Waals surface area (Å²) in [6, 6.07) is 0. The number of hydrogen-bond acceptors (Lipinski definition) is 4. The molecule has 0 aromatic heterocycles. The van der Waals surface area contributed by atoms with E-state index >= 15 is 0 Å². The fourth-order valence-electron chi connectivity index (χ4n) is 0. The van der Waals surface area contributed by atoms with Gasteiger partial charge in [0.15, 0.2) is 0 Å². The van der Waals surface area contributed by atoms with E-state index in [1.54, 1.807) is 0 Å². The van der Waals surface area contributed by atoms with Gasteiger partial charge >= 0.3 is 27.3 Å². The maximum atomic E-state index is 8.52. The molecular formula is H14O11STl-. The van der Waals surface area contributed by atoms with Gasteiger partial charge in [-0.25, -0.2) is 0 Å². The van der Waals surface area contributed by atoms with Gasteiger partial charge in [0.05, 0.1) is 0 Å². The Morgan fingerprint density at radius 3 is 0.615 bits per heavy atom. The Bertz CT molecular complexity index is 93.3. The third-order valence-corrected chi connectivity index (χ3v) is 0. The Hall–Kier alpha value is 0.512. The molecule has 0 amide bonds. The molecule has 0 rings (SSSR count). The molecule has 0 aliphatic carbocycles. The maximum Gasteiger partial charge on any atom is 1.00 e. The molecule has 13 heteroatoms. The molecule has 14 N–H and O–H groups in total. The summed E-state index contributed by atoms with van der Waals surface area (Å²) in [6.45, 7) is 0. The van der Waals surface area contributed by atoms with Crippen molar-refractivity contribution in [1.82, 2.24) is 0 Å². The first kappa shape index (κ1) is 104. The first-order valence-corrected chi connectivity index (χ1v) is 2.00. The van der Waals surface area contributed by atoms with E-state index < -0.39 is 10.4 Å². The Kier molecular flexibility index (Phi) is 313. The van der Waals surface area contributed by atoms with Gasteiger partial charge in [-0.05, 0) is 0 Å². The van der Waals surface area contributed by atoms with Crippen LogP contribution in [0.15, 0.2) is 0 Å². The van der Waals surface area contributed by atoms with Crippen LogP contribution in [0.5, 0.6) is 0 Å². The average Bonchev–Trinajstić information content (AvgIpc) is 0.722. The second-order valence-corrected chi connectivity index (χ2v) is 1.22. The fourth-order valence-corrected chi connectivity index (χ4v) is 0. The van der Waals surface area contributed by atoms with Gasteiger partial charge in [0.25, 0.3) is 0 Å². The van der Waals surface area contributed by atoms with Gasteiger partial charge in [-0.1, -0.05) is 0 Å². The molecule has 0 fully saturated rings.